The number of hydrogen-bond donors (Lipinski definition) is 3. The van der Waals surface area contributed by atoms with Crippen molar-refractivity contribution in [1.29, 1.82) is 0 Å². The number of fused-ring (bicyclic) bond motifs is 1. The molecule has 0 radical (unpaired) electrons. The summed E-state index contributed by atoms with van der Waals surface area (Å²) in [6.45, 7) is 5.16. The van der Waals surface area contributed by atoms with E-state index in [4.69, 9.17) is 18.9 Å². The highest BCUT2D eigenvalue weighted by Gasteiger charge is 2.51. The molecule has 4 aromatic rings. The third-order valence-corrected chi connectivity index (χ3v) is 13.7. The Morgan fingerprint density at radius 1 is 0.842 bits per heavy atom. The second-order valence-corrected chi connectivity index (χ2v) is 17.6. The van der Waals surface area contributed by atoms with Crippen LogP contribution in [-0.4, -0.2) is 55.0 Å². The zero-order valence-electron chi connectivity index (χ0n) is 33.5. The molecule has 9 heteroatoms. The molecule has 0 spiro atoms. The van der Waals surface area contributed by atoms with Gasteiger partial charge in [-0.05, 0) is 114 Å². The quantitative estimate of drug-likeness (QED) is 0.141. The lowest BCUT2D eigenvalue weighted by molar-refractivity contribution is -0.276. The summed E-state index contributed by atoms with van der Waals surface area (Å²) in [4.78, 5) is 15.8. The first-order valence-corrected chi connectivity index (χ1v) is 21.0. The monoisotopic (exact) mass is 771 g/mol. The molecule has 2 aliphatic heterocycles. The number of carbonyl (C=O) groups excluding carboxylic acids is 1. The van der Waals surface area contributed by atoms with Gasteiger partial charge in [0.15, 0.2) is 17.8 Å². The van der Waals surface area contributed by atoms with Crippen molar-refractivity contribution in [2.45, 2.75) is 95.6 Å². The molecular weight excluding hydrogens is 715 g/mol. The number of nitrogens with one attached hydrogen (secondary N) is 2. The maximum absolute atomic E-state index is 13.3. The molecule has 6 aliphatic rings. The van der Waals surface area contributed by atoms with Gasteiger partial charge in [0.2, 0.25) is 0 Å². The van der Waals surface area contributed by atoms with E-state index in [1.54, 1.807) is 14.2 Å². The van der Waals surface area contributed by atoms with Crippen molar-refractivity contribution in [2.24, 2.45) is 23.7 Å². The Kier molecular flexibility index (Phi) is 10.8. The van der Waals surface area contributed by atoms with Gasteiger partial charge in [0, 0.05) is 43.2 Å². The zero-order chi connectivity index (χ0) is 39.1. The van der Waals surface area contributed by atoms with Gasteiger partial charge in [0.25, 0.3) is 0 Å². The molecular formula is C48H57N3O6. The Hall–Kier alpha value is -4.41. The van der Waals surface area contributed by atoms with E-state index in [1.165, 1.54) is 30.4 Å². The highest BCUT2D eigenvalue weighted by Crippen LogP contribution is 2.55. The fourth-order valence-corrected chi connectivity index (χ4v) is 11.2. The van der Waals surface area contributed by atoms with Crippen LogP contribution in [0.5, 0.6) is 11.5 Å². The predicted molar refractivity (Wildman–Crippen MR) is 220 cm³/mol. The zero-order valence-corrected chi connectivity index (χ0v) is 33.5. The molecule has 4 bridgehead atoms. The number of hydrogen-bond acceptors (Lipinski definition) is 7. The van der Waals surface area contributed by atoms with Crippen molar-refractivity contribution in [3.63, 3.8) is 0 Å². The van der Waals surface area contributed by atoms with E-state index in [0.717, 1.165) is 108 Å². The third kappa shape index (κ3) is 7.92. The fourth-order valence-electron chi connectivity index (χ4n) is 11.2. The number of urea groups is 1. The number of carbonyl (C=O) groups is 1. The summed E-state index contributed by atoms with van der Waals surface area (Å²) in [5.74, 6) is 3.95. The maximum atomic E-state index is 13.3. The van der Waals surface area contributed by atoms with Crippen LogP contribution in [0.2, 0.25) is 0 Å². The summed E-state index contributed by atoms with van der Waals surface area (Å²) in [5, 5.41) is 16.4. The molecule has 4 saturated carbocycles. The van der Waals surface area contributed by atoms with Crippen LogP contribution in [0.1, 0.15) is 91.2 Å². The van der Waals surface area contributed by atoms with Crippen molar-refractivity contribution in [2.75, 3.05) is 27.3 Å². The average Bonchev–Trinajstić information content (AvgIpc) is 3.22. The van der Waals surface area contributed by atoms with Crippen molar-refractivity contribution >= 4 is 6.03 Å². The third-order valence-electron chi connectivity index (χ3n) is 13.7. The molecule has 4 aliphatic carbocycles. The number of amides is 2. The van der Waals surface area contributed by atoms with Crippen LogP contribution in [0.15, 0.2) is 84.9 Å². The van der Waals surface area contributed by atoms with Gasteiger partial charge in [-0.3, -0.25) is 4.90 Å². The highest BCUT2D eigenvalue weighted by molar-refractivity contribution is 5.76. The second kappa shape index (κ2) is 16.1. The first-order chi connectivity index (χ1) is 27.8. The fraction of sp³-hybridized carbons (Fsp3) is 0.479. The molecule has 0 unspecified atom stereocenters. The molecule has 4 aromatic carbocycles. The molecule has 3 N–H and O–H groups in total. The molecule has 4 atom stereocenters. The van der Waals surface area contributed by atoms with E-state index in [9.17, 15) is 9.90 Å². The largest absolute Gasteiger partial charge is 0.493 e. The van der Waals surface area contributed by atoms with Crippen LogP contribution in [0.3, 0.4) is 0 Å². The number of ether oxygens (including phenoxy) is 4. The number of benzene rings is 4. The smallest absolute Gasteiger partial charge is 0.315 e. The molecule has 2 heterocycles. The molecule has 0 aromatic heterocycles. The van der Waals surface area contributed by atoms with Gasteiger partial charge in [0.05, 0.1) is 33.0 Å². The highest BCUT2D eigenvalue weighted by atomic mass is 16.7. The molecule has 5 fully saturated rings. The molecule has 57 heavy (non-hydrogen) atoms. The molecule has 2 amide bonds. The molecule has 1 saturated heterocycles. The standard InChI is InChI=1S/C48H57N3O6/c1-30-44(28-51-17-16-38-21-42(54-2)43(55-3)22-40(38)27-51)56-46(57-45(30)36-10-8-31(29-52)9-11-36)37-14-12-35(13-15-37)41-7-5-4-6-39(41)26-49-47(53)50-48-23-32-18-33(24-48)20-34(19-32)25-48/h4-15,21-22,30,32-34,44-46,52H,16-20,23-29H2,1-3H3,(H2,49,50,53)/t30-,32?,33?,34?,44+,45+,46+,48?/m0/s1. The minimum atomic E-state index is -0.561. The molecule has 10 rings (SSSR count). The lowest BCUT2D eigenvalue weighted by Gasteiger charge is -2.56. The van der Waals surface area contributed by atoms with Gasteiger partial charge < -0.3 is 34.7 Å². The normalized spacial score (nSPS) is 29.1. The van der Waals surface area contributed by atoms with Gasteiger partial charge in [-0.2, -0.15) is 0 Å². The predicted octanol–water partition coefficient (Wildman–Crippen LogP) is 8.48. The Bertz CT molecular complexity index is 2020. The summed E-state index contributed by atoms with van der Waals surface area (Å²) >= 11 is 0. The van der Waals surface area contributed by atoms with Crippen molar-refractivity contribution in [3.8, 4) is 22.6 Å². The number of aliphatic hydroxyl groups is 1. The summed E-state index contributed by atoms with van der Waals surface area (Å²) < 4.78 is 24.9. The summed E-state index contributed by atoms with van der Waals surface area (Å²) in [6, 6.07) is 29.1. The number of aliphatic hydroxyl groups excluding tert-OH is 1. The molecule has 9 nitrogen and oxygen atoms in total. The van der Waals surface area contributed by atoms with Crippen molar-refractivity contribution in [1.82, 2.24) is 15.5 Å². The number of methoxy groups -OCH3 is 2. The van der Waals surface area contributed by atoms with Gasteiger partial charge in [-0.15, -0.1) is 0 Å². The molecule has 300 valence electrons. The topological polar surface area (TPSA) is 102 Å². The van der Waals surface area contributed by atoms with Crippen LogP contribution >= 0.6 is 0 Å². The SMILES string of the molecule is COc1cc2c(cc1OC)CN(C[C@H]1O[C@@H](c3ccc(-c4ccccc4CNC(=O)NC45CC6CC(CC(C6)C4)C5)cc3)O[C@@H](c3ccc(CO)cc3)[C@H]1C)CC2. The lowest BCUT2D eigenvalue weighted by atomic mass is 9.53. The minimum Gasteiger partial charge on any atom is -0.493 e. The van der Waals surface area contributed by atoms with E-state index < -0.39 is 6.29 Å². The number of rotatable bonds is 11. The van der Waals surface area contributed by atoms with E-state index in [2.05, 4.69) is 89.2 Å². The van der Waals surface area contributed by atoms with Gasteiger partial charge in [-0.1, -0.05) is 79.7 Å². The first-order valence-electron chi connectivity index (χ1n) is 21.0. The Labute approximate surface area is 337 Å². The minimum absolute atomic E-state index is 0.00336. The summed E-state index contributed by atoms with van der Waals surface area (Å²) in [5.41, 5.74) is 8.69. The first kappa shape index (κ1) is 38.1. The number of nitrogens with zero attached hydrogens (tertiary/aromatic N) is 1. The van der Waals surface area contributed by atoms with Crippen molar-refractivity contribution < 1.29 is 28.8 Å². The van der Waals surface area contributed by atoms with Gasteiger partial charge in [-0.25, -0.2) is 4.79 Å². The van der Waals surface area contributed by atoms with E-state index in [1.807, 2.05) is 18.2 Å². The van der Waals surface area contributed by atoms with E-state index >= 15 is 0 Å². The van der Waals surface area contributed by atoms with Crippen molar-refractivity contribution in [3.05, 3.63) is 118 Å². The van der Waals surface area contributed by atoms with Crippen LogP contribution in [0.25, 0.3) is 11.1 Å². The van der Waals surface area contributed by atoms with Gasteiger partial charge >= 0.3 is 6.03 Å². The van der Waals surface area contributed by atoms with E-state index in [-0.39, 0.29) is 36.3 Å². The summed E-state index contributed by atoms with van der Waals surface area (Å²) in [7, 11) is 3.37. The van der Waals surface area contributed by atoms with Gasteiger partial charge in [0.1, 0.15) is 0 Å². The Morgan fingerprint density at radius 3 is 2.16 bits per heavy atom. The van der Waals surface area contributed by atoms with E-state index in [0.29, 0.717) is 6.54 Å². The lowest BCUT2D eigenvalue weighted by Crippen LogP contribution is -2.61. The summed E-state index contributed by atoms with van der Waals surface area (Å²) in [6.07, 6.45) is 7.55. The van der Waals surface area contributed by atoms with Crippen LogP contribution in [0.4, 0.5) is 4.79 Å². The van der Waals surface area contributed by atoms with Crippen LogP contribution < -0.4 is 20.1 Å². The van der Waals surface area contributed by atoms with Crippen LogP contribution in [-0.2, 0) is 35.6 Å². The second-order valence-electron chi connectivity index (χ2n) is 17.6. The Balaban J connectivity index is 0.904. The van der Waals surface area contributed by atoms with Crippen LogP contribution in [0, 0.1) is 23.7 Å². The maximum Gasteiger partial charge on any atom is 0.315 e. The Morgan fingerprint density at radius 2 is 1.49 bits per heavy atom. The average molecular weight is 772 g/mol.